The van der Waals surface area contributed by atoms with Crippen LogP contribution in [0.15, 0.2) is 133 Å². The van der Waals surface area contributed by atoms with Crippen LogP contribution in [0, 0.1) is 11.3 Å². The van der Waals surface area contributed by atoms with Crippen molar-refractivity contribution in [2.24, 2.45) is 11.3 Å². The first-order valence-electron chi connectivity index (χ1n) is 18.6. The van der Waals surface area contributed by atoms with E-state index in [1.807, 2.05) is 148 Å². The number of aldehydes is 1. The highest BCUT2D eigenvalue weighted by Gasteiger charge is 2.59. The lowest BCUT2D eigenvalue weighted by atomic mass is 9.57. The molecule has 0 saturated heterocycles. The Morgan fingerprint density at radius 2 is 1.31 bits per heavy atom. The van der Waals surface area contributed by atoms with Gasteiger partial charge in [0.1, 0.15) is 57.4 Å². The van der Waals surface area contributed by atoms with E-state index in [9.17, 15) is 9.59 Å². The molecule has 0 aliphatic rings. The summed E-state index contributed by atoms with van der Waals surface area (Å²) in [4.78, 5) is 27.7. The maximum Gasteiger partial charge on any atom is 0.408 e. The van der Waals surface area contributed by atoms with Crippen molar-refractivity contribution in [3.05, 3.63) is 161 Å². The summed E-state index contributed by atoms with van der Waals surface area (Å²) >= 11 is 7.02. The quantitative estimate of drug-likeness (QED) is 0.0842. The van der Waals surface area contributed by atoms with Crippen LogP contribution in [0.25, 0.3) is 0 Å². The predicted molar refractivity (Wildman–Crippen MR) is 223 cm³/mol. The number of ether oxygens (including phenoxy) is 3. The number of amides is 1. The molecule has 9 heteroatoms. The zero-order chi connectivity index (χ0) is 39.7. The van der Waals surface area contributed by atoms with Crippen LogP contribution in [0.1, 0.15) is 70.2 Å². The third kappa shape index (κ3) is 9.86. The minimum absolute atomic E-state index is 0.322. The first-order chi connectivity index (χ1) is 26.2. The van der Waals surface area contributed by atoms with Crippen LogP contribution < -0.4 is 14.8 Å². The maximum atomic E-state index is 13.9. The van der Waals surface area contributed by atoms with E-state index in [1.165, 1.54) is 0 Å². The van der Waals surface area contributed by atoms with E-state index in [-0.39, 0.29) is 0 Å². The van der Waals surface area contributed by atoms with Crippen LogP contribution in [0.3, 0.4) is 0 Å². The van der Waals surface area contributed by atoms with Crippen LogP contribution in [0.5, 0.6) is 17.2 Å². The highest BCUT2D eigenvalue weighted by Crippen LogP contribution is 2.51. The molecular weight excluding hydrogens is 726 g/mol. The standard InChI is InChI=1S/C46H52ClNO6Si/c1-43(2,3)45(32-49,48-42(50)53-44(4,5)6)41(46(54-55,35-19-12-8-13-20-35)36-21-14-9-15-22-36)28-26-34-25-27-39(30-40(34)47)52-38-24-16-23-37(29-38)51-31-33-17-10-7-11-18-33/h7-25,27,29-30,32,41H,26,28,31H2,1-6,55H3,(H,48,50). The minimum atomic E-state index is -1.48. The number of carbonyl (C=O) groups excluding carboxylic acids is 2. The number of carbonyl (C=O) groups is 2. The third-order valence-corrected chi connectivity index (χ3v) is 10.9. The number of hydrogen-bond donors (Lipinski definition) is 1. The minimum Gasteiger partial charge on any atom is -0.489 e. The van der Waals surface area contributed by atoms with Gasteiger partial charge in [0, 0.05) is 17.0 Å². The predicted octanol–water partition coefficient (Wildman–Crippen LogP) is 10.0. The molecule has 0 radical (unpaired) electrons. The molecule has 0 spiro atoms. The Bertz CT molecular complexity index is 1970. The van der Waals surface area contributed by atoms with Gasteiger partial charge in [-0.2, -0.15) is 0 Å². The van der Waals surface area contributed by atoms with Gasteiger partial charge in [-0.25, -0.2) is 4.79 Å². The summed E-state index contributed by atoms with van der Waals surface area (Å²) in [6.45, 7) is 11.7. The lowest BCUT2D eigenvalue weighted by Gasteiger charge is -2.54. The molecule has 0 aliphatic heterocycles. The fraction of sp³-hybridized carbons (Fsp3) is 0.304. The van der Waals surface area contributed by atoms with Crippen molar-refractivity contribution in [2.45, 2.75) is 77.7 Å². The number of nitrogens with one attached hydrogen (secondary N) is 1. The molecule has 5 aromatic rings. The first-order valence-corrected chi connectivity index (χ1v) is 19.8. The molecule has 0 fully saturated rings. The number of aryl methyl sites for hydroxylation is 1. The molecule has 0 heterocycles. The van der Waals surface area contributed by atoms with E-state index in [2.05, 4.69) is 5.32 Å². The fourth-order valence-corrected chi connectivity index (χ4v) is 8.25. The van der Waals surface area contributed by atoms with Gasteiger partial charge in [-0.3, -0.25) is 0 Å². The largest absolute Gasteiger partial charge is 0.489 e. The number of halogens is 1. The van der Waals surface area contributed by atoms with E-state index in [4.69, 9.17) is 30.2 Å². The van der Waals surface area contributed by atoms with Gasteiger partial charge in [0.15, 0.2) is 0 Å². The van der Waals surface area contributed by atoms with Crippen LogP contribution in [-0.2, 0) is 32.6 Å². The van der Waals surface area contributed by atoms with Gasteiger partial charge >= 0.3 is 6.09 Å². The average molecular weight is 778 g/mol. The lowest BCUT2D eigenvalue weighted by molar-refractivity contribution is -0.128. The smallest absolute Gasteiger partial charge is 0.408 e. The molecule has 7 nitrogen and oxygen atoms in total. The molecular formula is C46H52ClNO6Si. The Morgan fingerprint density at radius 1 is 0.745 bits per heavy atom. The molecule has 0 aromatic heterocycles. The number of hydrogen-bond acceptors (Lipinski definition) is 6. The van der Waals surface area contributed by atoms with Crippen molar-refractivity contribution in [1.82, 2.24) is 5.32 Å². The number of benzene rings is 5. The van der Waals surface area contributed by atoms with E-state index >= 15 is 0 Å². The Labute approximate surface area is 333 Å². The van der Waals surface area contributed by atoms with E-state index in [0.29, 0.717) is 52.2 Å². The first kappa shape index (κ1) is 41.3. The van der Waals surface area contributed by atoms with Crippen molar-refractivity contribution in [2.75, 3.05) is 0 Å². The lowest BCUT2D eigenvalue weighted by Crippen LogP contribution is -2.68. The number of rotatable bonds is 15. The molecule has 288 valence electrons. The van der Waals surface area contributed by atoms with Crippen molar-refractivity contribution in [3.63, 3.8) is 0 Å². The summed E-state index contributed by atoms with van der Waals surface area (Å²) < 4.78 is 24.9. The Kier molecular flexibility index (Phi) is 13.3. The summed E-state index contributed by atoms with van der Waals surface area (Å²) in [6, 6.07) is 42.9. The van der Waals surface area contributed by atoms with Gasteiger partial charge < -0.3 is 28.7 Å². The highest BCUT2D eigenvalue weighted by atomic mass is 35.5. The van der Waals surface area contributed by atoms with Crippen LogP contribution in [-0.4, -0.2) is 34.0 Å². The van der Waals surface area contributed by atoms with Crippen LogP contribution in [0.2, 0.25) is 5.02 Å². The molecule has 1 N–H and O–H groups in total. The van der Waals surface area contributed by atoms with Gasteiger partial charge in [-0.1, -0.05) is 136 Å². The molecule has 0 aliphatic carbocycles. The summed E-state index contributed by atoms with van der Waals surface area (Å²) in [5, 5.41) is 3.62. The Hall–Kier alpha value is -4.89. The van der Waals surface area contributed by atoms with Gasteiger partial charge in [0.2, 0.25) is 0 Å². The summed E-state index contributed by atoms with van der Waals surface area (Å²) in [5.74, 6) is 1.23. The zero-order valence-electron chi connectivity index (χ0n) is 32.8. The third-order valence-electron chi connectivity index (χ3n) is 9.92. The average Bonchev–Trinajstić information content (AvgIpc) is 3.16. The molecule has 1 amide bonds. The van der Waals surface area contributed by atoms with Gasteiger partial charge in [0.25, 0.3) is 0 Å². The Morgan fingerprint density at radius 3 is 1.84 bits per heavy atom. The SMILES string of the molecule is CC(C)(C)OC(=O)NC(C=O)(C(CCc1ccc(Oc2cccc(OCc3ccccc3)c2)cc1Cl)C(O[SiH3])(c1ccccc1)c1ccccc1)C(C)(C)C. The molecule has 0 bridgehead atoms. The van der Waals surface area contributed by atoms with Crippen molar-refractivity contribution in [1.29, 1.82) is 0 Å². The van der Waals surface area contributed by atoms with E-state index in [0.717, 1.165) is 28.5 Å². The summed E-state index contributed by atoms with van der Waals surface area (Å²) in [6.07, 6.45) is 1.05. The van der Waals surface area contributed by atoms with Crippen molar-refractivity contribution < 1.29 is 28.2 Å². The fourth-order valence-electron chi connectivity index (χ4n) is 7.23. The maximum absolute atomic E-state index is 13.9. The summed E-state index contributed by atoms with van der Waals surface area (Å²) in [7, 11) is 0.322. The van der Waals surface area contributed by atoms with Gasteiger partial charge in [-0.15, -0.1) is 0 Å². The topological polar surface area (TPSA) is 83.1 Å². The second-order valence-corrected chi connectivity index (χ2v) is 16.5. The van der Waals surface area contributed by atoms with Gasteiger partial charge in [0.05, 0.1) is 0 Å². The zero-order valence-corrected chi connectivity index (χ0v) is 35.6. The monoisotopic (exact) mass is 777 g/mol. The molecule has 5 aromatic carbocycles. The van der Waals surface area contributed by atoms with Crippen molar-refractivity contribution in [3.8, 4) is 17.2 Å². The molecule has 5 rings (SSSR count). The normalized spacial score (nSPS) is 13.7. The molecule has 55 heavy (non-hydrogen) atoms. The summed E-state index contributed by atoms with van der Waals surface area (Å²) in [5.41, 5.74) is -0.538. The van der Waals surface area contributed by atoms with E-state index < -0.39 is 34.2 Å². The second-order valence-electron chi connectivity index (χ2n) is 15.7. The second kappa shape index (κ2) is 17.7. The van der Waals surface area contributed by atoms with E-state index in [1.54, 1.807) is 26.8 Å². The number of alkyl carbamates (subject to hydrolysis) is 1. The molecule has 0 saturated carbocycles. The highest BCUT2D eigenvalue weighted by molar-refractivity contribution is 6.31. The van der Waals surface area contributed by atoms with Gasteiger partial charge in [-0.05, 0) is 85.5 Å². The van der Waals surface area contributed by atoms with Crippen LogP contribution in [0.4, 0.5) is 4.79 Å². The molecule has 2 atom stereocenters. The Balaban J connectivity index is 1.52. The van der Waals surface area contributed by atoms with Crippen molar-refractivity contribution >= 4 is 34.5 Å². The molecule has 2 unspecified atom stereocenters. The van der Waals surface area contributed by atoms with Crippen LogP contribution >= 0.6 is 11.6 Å².